The van der Waals surface area contributed by atoms with Gasteiger partial charge in [-0.15, -0.1) is 0 Å². The summed E-state index contributed by atoms with van der Waals surface area (Å²) in [5.74, 6) is -1.20. The number of aromatic nitrogens is 1. The lowest BCUT2D eigenvalue weighted by Gasteiger charge is -2.24. The van der Waals surface area contributed by atoms with Crippen molar-refractivity contribution in [3.8, 4) is 0 Å². The van der Waals surface area contributed by atoms with Gasteiger partial charge in [-0.3, -0.25) is 14.1 Å². The van der Waals surface area contributed by atoms with Gasteiger partial charge >= 0.3 is 0 Å². The molecule has 6 nitrogen and oxygen atoms in total. The van der Waals surface area contributed by atoms with E-state index in [1.54, 1.807) is 6.07 Å². The zero-order valence-corrected chi connectivity index (χ0v) is 17.0. The zero-order chi connectivity index (χ0) is 21.0. The molecule has 0 radical (unpaired) electrons. The number of carbonyl (C=O) groups is 1. The fraction of sp³-hybridized carbons (Fsp3) is 0.0526. The van der Waals surface area contributed by atoms with E-state index in [2.05, 4.69) is 10.3 Å². The first-order valence-electron chi connectivity index (χ1n) is 8.20. The third-order valence-corrected chi connectivity index (χ3v) is 6.15. The lowest BCUT2D eigenvalue weighted by Crippen LogP contribution is -2.38. The maximum atomic E-state index is 13.3. The van der Waals surface area contributed by atoms with E-state index in [4.69, 9.17) is 23.2 Å². The summed E-state index contributed by atoms with van der Waals surface area (Å²) in [4.78, 5) is 16.3. The standard InChI is InChI=1S/C19H14Cl2FN3O3S/c20-13-3-8-17(21)18(10-13)24-19(26)12-25(15-6-4-14(22)5-7-15)29(27,28)16-2-1-9-23-11-16/h1-11H,12H2,(H,24,26). The summed E-state index contributed by atoms with van der Waals surface area (Å²) < 4.78 is 40.4. The summed E-state index contributed by atoms with van der Waals surface area (Å²) in [6, 6.07) is 12.1. The Morgan fingerprint density at radius 2 is 1.83 bits per heavy atom. The number of halogens is 3. The molecule has 1 heterocycles. The van der Waals surface area contributed by atoms with E-state index in [1.807, 2.05) is 0 Å². The molecule has 10 heteroatoms. The minimum absolute atomic E-state index is 0.113. The highest BCUT2D eigenvalue weighted by Gasteiger charge is 2.27. The Kier molecular flexibility index (Phi) is 6.36. The number of sulfonamides is 1. The van der Waals surface area contributed by atoms with Crippen molar-refractivity contribution in [1.29, 1.82) is 0 Å². The molecule has 0 spiro atoms. The van der Waals surface area contributed by atoms with E-state index >= 15 is 0 Å². The Bertz CT molecular complexity index is 1130. The second kappa shape index (κ2) is 8.77. The van der Waals surface area contributed by atoms with Crippen molar-refractivity contribution in [2.45, 2.75) is 4.90 Å². The number of nitrogens with one attached hydrogen (secondary N) is 1. The number of nitrogens with zero attached hydrogens (tertiary/aromatic N) is 2. The van der Waals surface area contributed by atoms with Crippen molar-refractivity contribution in [3.63, 3.8) is 0 Å². The van der Waals surface area contributed by atoms with Crippen molar-refractivity contribution in [2.75, 3.05) is 16.2 Å². The molecule has 0 unspecified atom stereocenters. The molecule has 1 N–H and O–H groups in total. The predicted molar refractivity (Wildman–Crippen MR) is 110 cm³/mol. The molecule has 0 aliphatic heterocycles. The van der Waals surface area contributed by atoms with E-state index in [-0.39, 0.29) is 21.3 Å². The smallest absolute Gasteiger partial charge is 0.266 e. The maximum Gasteiger partial charge on any atom is 0.266 e. The van der Waals surface area contributed by atoms with Crippen LogP contribution >= 0.6 is 23.2 Å². The Balaban J connectivity index is 1.94. The van der Waals surface area contributed by atoms with Crippen molar-refractivity contribution in [3.05, 3.63) is 82.9 Å². The van der Waals surface area contributed by atoms with Gasteiger partial charge in [0.1, 0.15) is 17.3 Å². The fourth-order valence-corrected chi connectivity index (χ4v) is 4.19. The van der Waals surface area contributed by atoms with Crippen molar-refractivity contribution >= 4 is 50.5 Å². The van der Waals surface area contributed by atoms with Gasteiger partial charge in [-0.2, -0.15) is 0 Å². The van der Waals surface area contributed by atoms with Crippen molar-refractivity contribution < 1.29 is 17.6 Å². The van der Waals surface area contributed by atoms with Crippen LogP contribution in [0.25, 0.3) is 0 Å². The van der Waals surface area contributed by atoms with Crippen LogP contribution in [-0.2, 0) is 14.8 Å². The van der Waals surface area contributed by atoms with Crippen LogP contribution in [0.4, 0.5) is 15.8 Å². The molecule has 1 aromatic heterocycles. The SMILES string of the molecule is O=C(CN(c1ccc(F)cc1)S(=O)(=O)c1cccnc1)Nc1cc(Cl)ccc1Cl. The van der Waals surface area contributed by atoms with Crippen LogP contribution in [0.2, 0.25) is 10.0 Å². The monoisotopic (exact) mass is 453 g/mol. The van der Waals surface area contributed by atoms with Gasteiger partial charge in [-0.25, -0.2) is 12.8 Å². The van der Waals surface area contributed by atoms with Crippen LogP contribution in [0.3, 0.4) is 0 Å². The Labute approximate surface area is 176 Å². The van der Waals surface area contributed by atoms with Crippen LogP contribution in [0.15, 0.2) is 71.9 Å². The third-order valence-electron chi connectivity index (χ3n) is 3.83. The summed E-state index contributed by atoms with van der Waals surface area (Å²) >= 11 is 12.0. The van der Waals surface area contributed by atoms with Crippen LogP contribution < -0.4 is 9.62 Å². The lowest BCUT2D eigenvalue weighted by atomic mass is 10.3. The van der Waals surface area contributed by atoms with Crippen molar-refractivity contribution in [2.24, 2.45) is 0 Å². The van der Waals surface area contributed by atoms with Gasteiger partial charge in [0.2, 0.25) is 5.91 Å². The van der Waals surface area contributed by atoms with Gasteiger partial charge in [0.15, 0.2) is 0 Å². The van der Waals surface area contributed by atoms with Crippen LogP contribution in [0, 0.1) is 5.82 Å². The molecule has 1 amide bonds. The average Bonchev–Trinajstić information content (AvgIpc) is 2.70. The number of amides is 1. The molecule has 0 aliphatic carbocycles. The molecular formula is C19H14Cl2FN3O3S. The summed E-state index contributed by atoms with van der Waals surface area (Å²) in [6.45, 7) is -0.578. The van der Waals surface area contributed by atoms with E-state index < -0.39 is 28.3 Å². The molecule has 0 bridgehead atoms. The van der Waals surface area contributed by atoms with Gasteiger partial charge in [-0.05, 0) is 54.6 Å². The first-order chi connectivity index (χ1) is 13.8. The fourth-order valence-electron chi connectivity index (χ4n) is 2.46. The van der Waals surface area contributed by atoms with Crippen molar-refractivity contribution in [1.82, 2.24) is 4.98 Å². The molecule has 29 heavy (non-hydrogen) atoms. The molecular weight excluding hydrogens is 440 g/mol. The first kappa shape index (κ1) is 21.0. The largest absolute Gasteiger partial charge is 0.323 e. The highest BCUT2D eigenvalue weighted by molar-refractivity contribution is 7.92. The maximum absolute atomic E-state index is 13.3. The summed E-state index contributed by atoms with van der Waals surface area (Å²) in [7, 11) is -4.14. The number of carbonyl (C=O) groups excluding carboxylic acids is 1. The topological polar surface area (TPSA) is 79.4 Å². The average molecular weight is 454 g/mol. The number of benzene rings is 2. The van der Waals surface area contributed by atoms with E-state index in [0.717, 1.165) is 22.6 Å². The van der Waals surface area contributed by atoms with Gasteiger partial charge in [0, 0.05) is 17.4 Å². The summed E-state index contributed by atoms with van der Waals surface area (Å²) in [6.07, 6.45) is 2.59. The van der Waals surface area contributed by atoms with Gasteiger partial charge in [-0.1, -0.05) is 23.2 Å². The first-order valence-corrected chi connectivity index (χ1v) is 10.4. The normalized spacial score (nSPS) is 11.1. The quantitative estimate of drug-likeness (QED) is 0.600. The highest BCUT2D eigenvalue weighted by atomic mass is 35.5. The molecule has 0 atom stereocenters. The molecule has 2 aromatic carbocycles. The van der Waals surface area contributed by atoms with Gasteiger partial charge in [0.25, 0.3) is 10.0 Å². The van der Waals surface area contributed by atoms with Crippen LogP contribution in [0.1, 0.15) is 0 Å². The molecule has 0 aliphatic rings. The van der Waals surface area contributed by atoms with E-state index in [0.29, 0.717) is 5.02 Å². The predicted octanol–water partition coefficient (Wildman–Crippen LogP) is 4.36. The summed E-state index contributed by atoms with van der Waals surface area (Å²) in [5, 5.41) is 3.13. The minimum Gasteiger partial charge on any atom is -0.323 e. The second-order valence-corrected chi connectivity index (χ2v) is 8.56. The summed E-state index contributed by atoms with van der Waals surface area (Å²) in [5.41, 5.74) is 0.351. The number of pyridine rings is 1. The number of anilines is 2. The Morgan fingerprint density at radius 1 is 1.10 bits per heavy atom. The molecule has 0 saturated carbocycles. The van der Waals surface area contributed by atoms with Crippen LogP contribution in [0.5, 0.6) is 0 Å². The molecule has 3 aromatic rings. The molecule has 0 fully saturated rings. The second-order valence-electron chi connectivity index (χ2n) is 5.85. The van der Waals surface area contributed by atoms with Gasteiger partial charge < -0.3 is 5.32 Å². The van der Waals surface area contributed by atoms with E-state index in [1.165, 1.54) is 42.6 Å². The van der Waals surface area contributed by atoms with Gasteiger partial charge in [0.05, 0.1) is 16.4 Å². The number of rotatable bonds is 6. The van der Waals surface area contributed by atoms with Crippen LogP contribution in [-0.4, -0.2) is 25.9 Å². The number of hydrogen-bond donors (Lipinski definition) is 1. The third kappa shape index (κ3) is 5.03. The van der Waals surface area contributed by atoms with E-state index in [9.17, 15) is 17.6 Å². The number of hydrogen-bond acceptors (Lipinski definition) is 4. The Hall–Kier alpha value is -2.68. The molecule has 0 saturated heterocycles. The Morgan fingerprint density at radius 3 is 2.48 bits per heavy atom. The zero-order valence-electron chi connectivity index (χ0n) is 14.7. The molecule has 3 rings (SSSR count). The highest BCUT2D eigenvalue weighted by Crippen LogP contribution is 2.27. The molecule has 150 valence electrons. The minimum atomic E-state index is -4.14. The lowest BCUT2D eigenvalue weighted by molar-refractivity contribution is -0.114.